The molecule has 0 amide bonds. The van der Waals surface area contributed by atoms with E-state index in [0.29, 0.717) is 11.8 Å². The molecule has 0 saturated carbocycles. The highest BCUT2D eigenvalue weighted by atomic mass is 16.5. The predicted octanol–water partition coefficient (Wildman–Crippen LogP) is 3.49. The lowest BCUT2D eigenvalue weighted by atomic mass is 9.85. The molecule has 1 N–H and O–H groups in total. The van der Waals surface area contributed by atoms with Crippen molar-refractivity contribution in [3.05, 3.63) is 30.4 Å². The van der Waals surface area contributed by atoms with Crippen molar-refractivity contribution in [2.45, 2.75) is 26.7 Å². The van der Waals surface area contributed by atoms with Gasteiger partial charge in [0.05, 0.1) is 6.61 Å². The van der Waals surface area contributed by atoms with Gasteiger partial charge in [0, 0.05) is 12.6 Å². The van der Waals surface area contributed by atoms with Gasteiger partial charge < -0.3 is 10.1 Å². The summed E-state index contributed by atoms with van der Waals surface area (Å²) in [5.41, 5.74) is 0. The molecule has 1 aliphatic rings. The molecular weight excluding hydrogens is 224 g/mol. The van der Waals surface area contributed by atoms with Crippen molar-refractivity contribution in [3.8, 4) is 5.88 Å². The molecule has 2 atom stereocenters. The van der Waals surface area contributed by atoms with Crippen LogP contribution in [0.15, 0.2) is 30.4 Å². The lowest BCUT2D eigenvalue weighted by molar-refractivity contribution is 0.193. The minimum Gasteiger partial charge on any atom is -0.477 e. The summed E-state index contributed by atoms with van der Waals surface area (Å²) in [5, 5.41) is 3.19. The first-order valence-corrected chi connectivity index (χ1v) is 6.78. The second-order valence-corrected chi connectivity index (χ2v) is 4.88. The Morgan fingerprint density at radius 1 is 1.33 bits per heavy atom. The quantitative estimate of drug-likeness (QED) is 0.807. The first kappa shape index (κ1) is 12.9. The van der Waals surface area contributed by atoms with E-state index in [-0.39, 0.29) is 0 Å². The third kappa shape index (κ3) is 3.49. The maximum atomic E-state index is 5.82. The number of aromatic nitrogens is 1. The molecule has 1 aromatic heterocycles. The molecule has 0 saturated heterocycles. The second-order valence-electron chi connectivity index (χ2n) is 4.88. The van der Waals surface area contributed by atoms with Gasteiger partial charge in [0.15, 0.2) is 0 Å². The third-order valence-electron chi connectivity index (χ3n) is 3.44. The van der Waals surface area contributed by atoms with Gasteiger partial charge in [-0.3, -0.25) is 0 Å². The second kappa shape index (κ2) is 6.43. The zero-order valence-electron chi connectivity index (χ0n) is 11.2. The Kier molecular flexibility index (Phi) is 4.62. The van der Waals surface area contributed by atoms with Crippen molar-refractivity contribution in [3.63, 3.8) is 0 Å². The van der Waals surface area contributed by atoms with Crippen molar-refractivity contribution >= 4 is 5.82 Å². The van der Waals surface area contributed by atoms with Gasteiger partial charge in [-0.25, -0.2) is 0 Å². The Bertz CT molecular complexity index is 403. The van der Waals surface area contributed by atoms with Crippen molar-refractivity contribution in [1.29, 1.82) is 0 Å². The van der Waals surface area contributed by atoms with E-state index >= 15 is 0 Å². The minimum absolute atomic E-state index is 0.611. The maximum Gasteiger partial charge on any atom is 0.215 e. The summed E-state index contributed by atoms with van der Waals surface area (Å²) < 4.78 is 5.82. The number of anilines is 1. The fourth-order valence-electron chi connectivity index (χ4n) is 2.21. The van der Waals surface area contributed by atoms with Crippen LogP contribution in [0.2, 0.25) is 0 Å². The summed E-state index contributed by atoms with van der Waals surface area (Å²) in [6.45, 7) is 5.99. The molecular formula is C15H22N2O. The van der Waals surface area contributed by atoms with Crippen LogP contribution in [0.1, 0.15) is 26.7 Å². The van der Waals surface area contributed by atoms with Crippen LogP contribution in [0.3, 0.4) is 0 Å². The lowest BCUT2D eigenvalue weighted by Gasteiger charge is -2.24. The van der Waals surface area contributed by atoms with Crippen LogP contribution in [0.25, 0.3) is 0 Å². The number of nitrogens with zero attached hydrogens (tertiary/aromatic N) is 1. The summed E-state index contributed by atoms with van der Waals surface area (Å²) in [6, 6.07) is 5.86. The largest absolute Gasteiger partial charge is 0.477 e. The van der Waals surface area contributed by atoms with Gasteiger partial charge in [-0.1, -0.05) is 25.1 Å². The van der Waals surface area contributed by atoms with E-state index < -0.39 is 0 Å². The molecule has 3 heteroatoms. The van der Waals surface area contributed by atoms with Gasteiger partial charge in [-0.15, -0.1) is 0 Å². The first-order valence-electron chi connectivity index (χ1n) is 6.78. The average molecular weight is 246 g/mol. The lowest BCUT2D eigenvalue weighted by Crippen LogP contribution is -2.21. The van der Waals surface area contributed by atoms with Gasteiger partial charge in [0.25, 0.3) is 0 Å². The van der Waals surface area contributed by atoms with Crippen LogP contribution >= 0.6 is 0 Å². The number of allylic oxidation sites excluding steroid dienone is 2. The summed E-state index contributed by atoms with van der Waals surface area (Å²) >= 11 is 0. The molecule has 0 spiro atoms. The van der Waals surface area contributed by atoms with Gasteiger partial charge in [-0.2, -0.15) is 4.98 Å². The number of nitrogens with one attached hydrogen (secondary N) is 1. The Labute approximate surface area is 109 Å². The van der Waals surface area contributed by atoms with Crippen LogP contribution in [0.4, 0.5) is 5.82 Å². The monoisotopic (exact) mass is 246 g/mol. The summed E-state index contributed by atoms with van der Waals surface area (Å²) in [6.07, 6.45) is 6.81. The van der Waals surface area contributed by atoms with E-state index in [9.17, 15) is 0 Å². The number of hydrogen-bond donors (Lipinski definition) is 1. The van der Waals surface area contributed by atoms with E-state index in [2.05, 4.69) is 36.3 Å². The zero-order valence-corrected chi connectivity index (χ0v) is 11.2. The molecule has 0 bridgehead atoms. The molecule has 2 rings (SSSR count). The van der Waals surface area contributed by atoms with E-state index in [0.717, 1.165) is 31.3 Å². The minimum atomic E-state index is 0.611. The summed E-state index contributed by atoms with van der Waals surface area (Å²) in [4.78, 5) is 4.42. The molecule has 2 unspecified atom stereocenters. The Morgan fingerprint density at radius 3 is 2.94 bits per heavy atom. The van der Waals surface area contributed by atoms with E-state index in [1.807, 2.05) is 18.2 Å². The Morgan fingerprint density at radius 2 is 2.17 bits per heavy atom. The normalized spacial score (nSPS) is 22.8. The molecule has 0 fully saturated rings. The van der Waals surface area contributed by atoms with Crippen LogP contribution in [-0.2, 0) is 0 Å². The molecule has 0 aliphatic heterocycles. The van der Waals surface area contributed by atoms with E-state index in [1.165, 1.54) is 6.42 Å². The highest BCUT2D eigenvalue weighted by molar-refractivity contribution is 5.36. The summed E-state index contributed by atoms with van der Waals surface area (Å²) in [7, 11) is 0. The highest BCUT2D eigenvalue weighted by Gasteiger charge is 2.18. The Balaban J connectivity index is 1.89. The topological polar surface area (TPSA) is 34.1 Å². The fourth-order valence-corrected chi connectivity index (χ4v) is 2.21. The fraction of sp³-hybridized carbons (Fsp3) is 0.533. The molecule has 0 aromatic carbocycles. The van der Waals surface area contributed by atoms with E-state index in [1.54, 1.807) is 0 Å². The van der Waals surface area contributed by atoms with Crippen molar-refractivity contribution in [1.82, 2.24) is 4.98 Å². The number of hydrogen-bond acceptors (Lipinski definition) is 3. The molecule has 1 heterocycles. The number of pyridine rings is 1. The first-order chi connectivity index (χ1) is 8.79. The van der Waals surface area contributed by atoms with Crippen LogP contribution in [-0.4, -0.2) is 18.1 Å². The number of ether oxygens (including phenoxy) is 1. The number of rotatable bonds is 5. The van der Waals surface area contributed by atoms with Gasteiger partial charge >= 0.3 is 0 Å². The summed E-state index contributed by atoms with van der Waals surface area (Å²) in [5.74, 6) is 2.91. The predicted molar refractivity (Wildman–Crippen MR) is 74.9 cm³/mol. The average Bonchev–Trinajstić information content (AvgIpc) is 2.39. The highest BCUT2D eigenvalue weighted by Crippen LogP contribution is 2.25. The van der Waals surface area contributed by atoms with Crippen molar-refractivity contribution in [2.24, 2.45) is 11.8 Å². The van der Waals surface area contributed by atoms with Crippen molar-refractivity contribution in [2.75, 3.05) is 18.5 Å². The Hall–Kier alpha value is -1.51. The molecule has 18 heavy (non-hydrogen) atoms. The molecule has 1 aromatic rings. The standard InChI is InChI=1S/C15H22N2O/c1-3-16-14-9-6-10-15(17-14)18-11-13-8-5-4-7-12(13)2/h4-6,9-10,12-13H,3,7-8,11H2,1-2H3,(H,16,17). The molecule has 3 nitrogen and oxygen atoms in total. The molecule has 98 valence electrons. The van der Waals surface area contributed by atoms with Gasteiger partial charge in [0.2, 0.25) is 5.88 Å². The zero-order chi connectivity index (χ0) is 12.8. The van der Waals surface area contributed by atoms with Crippen LogP contribution in [0.5, 0.6) is 5.88 Å². The molecule has 0 radical (unpaired) electrons. The van der Waals surface area contributed by atoms with Crippen molar-refractivity contribution < 1.29 is 4.74 Å². The SMILES string of the molecule is CCNc1cccc(OCC2CC=CCC2C)n1. The van der Waals surface area contributed by atoms with Gasteiger partial charge in [-0.05, 0) is 37.7 Å². The smallest absolute Gasteiger partial charge is 0.215 e. The van der Waals surface area contributed by atoms with Crippen LogP contribution < -0.4 is 10.1 Å². The van der Waals surface area contributed by atoms with Gasteiger partial charge in [0.1, 0.15) is 5.82 Å². The molecule has 1 aliphatic carbocycles. The van der Waals surface area contributed by atoms with E-state index in [4.69, 9.17) is 4.74 Å². The van der Waals surface area contributed by atoms with Crippen LogP contribution in [0, 0.1) is 11.8 Å². The third-order valence-corrected chi connectivity index (χ3v) is 3.44. The maximum absolute atomic E-state index is 5.82.